The normalized spacial score (nSPS) is 9.86. The van der Waals surface area contributed by atoms with Gasteiger partial charge in [0.15, 0.2) is 0 Å². The highest BCUT2D eigenvalue weighted by Crippen LogP contribution is 2.19. The van der Waals surface area contributed by atoms with Gasteiger partial charge in [-0.05, 0) is 38.1 Å². The van der Waals surface area contributed by atoms with Crippen LogP contribution in [0.15, 0.2) is 24.3 Å². The Morgan fingerprint density at radius 1 is 1.33 bits per heavy atom. The standard InChI is InChI=1S/C16H16N2O2S/c1-11-6-8-14(12(2)17-11)18-16(20)15-9-7-13(21-15)5-3-4-10-19/h6-9,19H,4,10H2,1-2H3,(H,18,20). The zero-order valence-corrected chi connectivity index (χ0v) is 12.8. The molecule has 2 rings (SSSR count). The molecule has 0 aliphatic heterocycles. The maximum Gasteiger partial charge on any atom is 0.265 e. The van der Waals surface area contributed by atoms with E-state index in [0.717, 1.165) is 16.3 Å². The first-order chi connectivity index (χ1) is 10.1. The van der Waals surface area contributed by atoms with Crippen molar-refractivity contribution in [3.8, 4) is 11.8 Å². The zero-order chi connectivity index (χ0) is 15.2. The van der Waals surface area contributed by atoms with Crippen molar-refractivity contribution < 1.29 is 9.90 Å². The van der Waals surface area contributed by atoms with Crippen molar-refractivity contribution in [3.63, 3.8) is 0 Å². The second-order valence-corrected chi connectivity index (χ2v) is 5.56. The molecule has 4 nitrogen and oxygen atoms in total. The zero-order valence-electron chi connectivity index (χ0n) is 11.9. The Bertz CT molecular complexity index is 711. The molecule has 0 saturated heterocycles. The van der Waals surface area contributed by atoms with Gasteiger partial charge in [0.25, 0.3) is 5.91 Å². The van der Waals surface area contributed by atoms with Crippen LogP contribution < -0.4 is 5.32 Å². The quantitative estimate of drug-likeness (QED) is 0.857. The molecule has 2 N–H and O–H groups in total. The second-order valence-electron chi connectivity index (χ2n) is 4.48. The highest BCUT2D eigenvalue weighted by atomic mass is 32.1. The van der Waals surface area contributed by atoms with Gasteiger partial charge < -0.3 is 10.4 Å². The van der Waals surface area contributed by atoms with Crippen molar-refractivity contribution in [2.75, 3.05) is 11.9 Å². The van der Waals surface area contributed by atoms with Crippen LogP contribution in [0.3, 0.4) is 0 Å². The van der Waals surface area contributed by atoms with E-state index < -0.39 is 0 Å². The molecule has 0 radical (unpaired) electrons. The Morgan fingerprint density at radius 3 is 2.86 bits per heavy atom. The van der Waals surface area contributed by atoms with Crippen LogP contribution in [-0.2, 0) is 0 Å². The summed E-state index contributed by atoms with van der Waals surface area (Å²) in [5.74, 6) is 5.59. The monoisotopic (exact) mass is 300 g/mol. The van der Waals surface area contributed by atoms with E-state index in [1.54, 1.807) is 6.07 Å². The van der Waals surface area contributed by atoms with Gasteiger partial charge in [0.05, 0.1) is 27.7 Å². The Kier molecular flexibility index (Phi) is 5.09. The number of carbonyl (C=O) groups excluding carboxylic acids is 1. The van der Waals surface area contributed by atoms with Crippen LogP contribution >= 0.6 is 11.3 Å². The lowest BCUT2D eigenvalue weighted by molar-refractivity contribution is 0.103. The van der Waals surface area contributed by atoms with Gasteiger partial charge in [0.2, 0.25) is 0 Å². The van der Waals surface area contributed by atoms with Crippen LogP contribution in [0, 0.1) is 25.7 Å². The molecule has 0 unspecified atom stereocenters. The molecule has 0 spiro atoms. The molecule has 108 valence electrons. The Morgan fingerprint density at radius 2 is 2.14 bits per heavy atom. The molecule has 2 aromatic rings. The van der Waals surface area contributed by atoms with Crippen LogP contribution in [0.4, 0.5) is 5.69 Å². The number of aromatic nitrogens is 1. The first-order valence-electron chi connectivity index (χ1n) is 6.55. The fourth-order valence-corrected chi connectivity index (χ4v) is 2.51. The smallest absolute Gasteiger partial charge is 0.265 e. The van der Waals surface area contributed by atoms with E-state index in [1.807, 2.05) is 32.0 Å². The van der Waals surface area contributed by atoms with Gasteiger partial charge in [-0.2, -0.15) is 0 Å². The molecular formula is C16H16N2O2S. The molecule has 0 fully saturated rings. The maximum atomic E-state index is 12.2. The lowest BCUT2D eigenvalue weighted by Gasteiger charge is -2.07. The molecule has 0 atom stereocenters. The van der Waals surface area contributed by atoms with Gasteiger partial charge in [-0.15, -0.1) is 11.3 Å². The van der Waals surface area contributed by atoms with Crippen LogP contribution in [0.1, 0.15) is 32.4 Å². The van der Waals surface area contributed by atoms with Crippen molar-refractivity contribution in [2.24, 2.45) is 0 Å². The van der Waals surface area contributed by atoms with Gasteiger partial charge in [0, 0.05) is 12.1 Å². The predicted molar refractivity (Wildman–Crippen MR) is 84.6 cm³/mol. The first kappa shape index (κ1) is 15.2. The van der Waals surface area contributed by atoms with Crippen molar-refractivity contribution in [1.82, 2.24) is 4.98 Å². The number of aryl methyl sites for hydroxylation is 2. The number of aliphatic hydroxyl groups excluding tert-OH is 1. The lowest BCUT2D eigenvalue weighted by atomic mass is 10.2. The lowest BCUT2D eigenvalue weighted by Crippen LogP contribution is -2.11. The van der Waals surface area contributed by atoms with Crippen molar-refractivity contribution in [3.05, 3.63) is 45.4 Å². The molecule has 2 aromatic heterocycles. The largest absolute Gasteiger partial charge is 0.395 e. The summed E-state index contributed by atoms with van der Waals surface area (Å²) in [5, 5.41) is 11.5. The number of carbonyl (C=O) groups is 1. The Balaban J connectivity index is 2.09. The fourth-order valence-electron chi connectivity index (χ4n) is 1.74. The van der Waals surface area contributed by atoms with Crippen molar-refractivity contribution in [1.29, 1.82) is 0 Å². The molecule has 0 aromatic carbocycles. The number of hydrogen-bond donors (Lipinski definition) is 2. The summed E-state index contributed by atoms with van der Waals surface area (Å²) in [4.78, 5) is 17.9. The SMILES string of the molecule is Cc1ccc(NC(=O)c2ccc(C#CCCO)s2)c(C)n1. The van der Waals surface area contributed by atoms with Gasteiger partial charge in [-0.3, -0.25) is 9.78 Å². The molecule has 0 saturated carbocycles. The van der Waals surface area contributed by atoms with Gasteiger partial charge in [-0.1, -0.05) is 11.8 Å². The molecule has 2 heterocycles. The third-order valence-electron chi connectivity index (χ3n) is 2.75. The maximum absolute atomic E-state index is 12.2. The first-order valence-corrected chi connectivity index (χ1v) is 7.37. The summed E-state index contributed by atoms with van der Waals surface area (Å²) < 4.78 is 0. The van der Waals surface area contributed by atoms with Crippen molar-refractivity contribution >= 4 is 22.9 Å². The van der Waals surface area contributed by atoms with E-state index >= 15 is 0 Å². The van der Waals surface area contributed by atoms with Crippen LogP contribution in [0.2, 0.25) is 0 Å². The predicted octanol–water partition coefficient (Wildman–Crippen LogP) is 2.75. The number of nitrogens with one attached hydrogen (secondary N) is 1. The number of rotatable bonds is 3. The summed E-state index contributed by atoms with van der Waals surface area (Å²) in [6, 6.07) is 7.28. The van der Waals surface area contributed by atoms with Crippen LogP contribution in [-0.4, -0.2) is 22.6 Å². The molecule has 0 bridgehead atoms. The topological polar surface area (TPSA) is 62.2 Å². The Labute approximate surface area is 127 Å². The second kappa shape index (κ2) is 7.02. The minimum absolute atomic E-state index is 0.0470. The minimum Gasteiger partial charge on any atom is -0.395 e. The number of nitrogens with zero attached hydrogens (tertiary/aromatic N) is 1. The highest BCUT2D eigenvalue weighted by molar-refractivity contribution is 7.14. The summed E-state index contributed by atoms with van der Waals surface area (Å²) in [6.45, 7) is 3.82. The average molecular weight is 300 g/mol. The number of pyridine rings is 1. The van der Waals surface area contributed by atoms with E-state index in [0.29, 0.717) is 17.0 Å². The van der Waals surface area contributed by atoms with E-state index in [2.05, 4.69) is 22.1 Å². The fraction of sp³-hybridized carbons (Fsp3) is 0.250. The Hall–Kier alpha value is -2.16. The highest BCUT2D eigenvalue weighted by Gasteiger charge is 2.10. The van der Waals surface area contributed by atoms with E-state index in [4.69, 9.17) is 5.11 Å². The third-order valence-corrected chi connectivity index (χ3v) is 3.75. The van der Waals surface area contributed by atoms with Crippen LogP contribution in [0.5, 0.6) is 0 Å². The number of anilines is 1. The number of aliphatic hydroxyl groups is 1. The van der Waals surface area contributed by atoms with Crippen LogP contribution in [0.25, 0.3) is 0 Å². The number of thiophene rings is 1. The van der Waals surface area contributed by atoms with Gasteiger partial charge in [0.1, 0.15) is 0 Å². The van der Waals surface area contributed by atoms with Crippen molar-refractivity contribution in [2.45, 2.75) is 20.3 Å². The summed E-state index contributed by atoms with van der Waals surface area (Å²) >= 11 is 1.33. The molecular weight excluding hydrogens is 284 g/mol. The third kappa shape index (κ3) is 4.15. The summed E-state index contributed by atoms with van der Waals surface area (Å²) in [7, 11) is 0. The minimum atomic E-state index is -0.163. The molecule has 0 aliphatic carbocycles. The molecule has 0 aliphatic rings. The van der Waals surface area contributed by atoms with Gasteiger partial charge >= 0.3 is 0 Å². The molecule has 1 amide bonds. The summed E-state index contributed by atoms with van der Waals surface area (Å²) in [5.41, 5.74) is 2.43. The van der Waals surface area contributed by atoms with Gasteiger partial charge in [-0.25, -0.2) is 0 Å². The summed E-state index contributed by atoms with van der Waals surface area (Å²) in [6.07, 6.45) is 0.438. The van der Waals surface area contributed by atoms with E-state index in [9.17, 15) is 4.79 Å². The van der Waals surface area contributed by atoms with E-state index in [-0.39, 0.29) is 12.5 Å². The van der Waals surface area contributed by atoms with E-state index in [1.165, 1.54) is 11.3 Å². The number of amides is 1. The molecule has 21 heavy (non-hydrogen) atoms. The number of hydrogen-bond acceptors (Lipinski definition) is 4. The molecule has 5 heteroatoms. The average Bonchev–Trinajstić information content (AvgIpc) is 2.91.